The van der Waals surface area contributed by atoms with Gasteiger partial charge in [-0.3, -0.25) is 0 Å². The van der Waals surface area contributed by atoms with Crippen molar-refractivity contribution in [1.82, 2.24) is 5.48 Å². The summed E-state index contributed by atoms with van der Waals surface area (Å²) in [4.78, 5) is 0. The van der Waals surface area contributed by atoms with Gasteiger partial charge in [0.2, 0.25) is 5.96 Å². The molecular formula is CH7N5O5S2. The summed E-state index contributed by atoms with van der Waals surface area (Å²) in [6.07, 6.45) is 0. The zero-order chi connectivity index (χ0) is 10.7. The highest BCUT2D eigenvalue weighted by atomic mass is 32.2. The second-order valence-corrected chi connectivity index (χ2v) is 4.03. The first-order valence-corrected chi connectivity index (χ1v) is 5.43. The van der Waals surface area contributed by atoms with E-state index >= 15 is 0 Å². The first-order chi connectivity index (χ1) is 5.60. The molecule has 0 amide bonds. The van der Waals surface area contributed by atoms with Crippen LogP contribution in [0.25, 0.3) is 0 Å². The molecule has 0 fully saturated rings. The second-order valence-electron chi connectivity index (χ2n) is 1.67. The van der Waals surface area contributed by atoms with Crippen molar-refractivity contribution in [2.24, 2.45) is 20.4 Å². The fourth-order valence-corrected chi connectivity index (χ4v) is 0.769. The number of nitrogens with two attached hydrogens (primary N) is 3. The van der Waals surface area contributed by atoms with Crippen LogP contribution in [0, 0.1) is 0 Å². The average molecular weight is 233 g/mol. The van der Waals surface area contributed by atoms with Crippen LogP contribution in [0.4, 0.5) is 0 Å². The molecule has 0 rings (SSSR count). The lowest BCUT2D eigenvalue weighted by Crippen LogP contribution is -2.37. The van der Waals surface area contributed by atoms with Gasteiger partial charge in [-0.15, -0.1) is 8.68 Å². The Morgan fingerprint density at radius 3 is 2.00 bits per heavy atom. The highest BCUT2D eigenvalue weighted by molar-refractivity contribution is 7.88. The van der Waals surface area contributed by atoms with E-state index in [4.69, 9.17) is 5.73 Å². The fourth-order valence-electron chi connectivity index (χ4n) is 0.256. The van der Waals surface area contributed by atoms with Gasteiger partial charge in [0.1, 0.15) is 0 Å². The molecule has 0 aliphatic rings. The van der Waals surface area contributed by atoms with E-state index < -0.39 is 26.5 Å². The second kappa shape index (κ2) is 3.84. The molecule has 0 aliphatic carbocycles. The lowest BCUT2D eigenvalue weighted by atomic mass is 11.1. The predicted octanol–water partition coefficient (Wildman–Crippen LogP) is -3.77. The maximum atomic E-state index is 10.2. The van der Waals surface area contributed by atoms with Crippen molar-refractivity contribution >= 4 is 26.5 Å². The summed E-state index contributed by atoms with van der Waals surface area (Å²) in [5.41, 5.74) is 6.24. The molecule has 0 unspecified atom stereocenters. The van der Waals surface area contributed by atoms with Gasteiger partial charge in [0.15, 0.2) is 0 Å². The van der Waals surface area contributed by atoms with E-state index in [-0.39, 0.29) is 0 Å². The Morgan fingerprint density at radius 1 is 1.23 bits per heavy atom. The van der Waals surface area contributed by atoms with E-state index in [0.29, 0.717) is 0 Å². The van der Waals surface area contributed by atoms with Crippen molar-refractivity contribution in [2.45, 2.75) is 0 Å². The third-order valence-electron chi connectivity index (χ3n) is 0.488. The van der Waals surface area contributed by atoms with Crippen LogP contribution in [0.3, 0.4) is 0 Å². The van der Waals surface area contributed by atoms with Gasteiger partial charge in [-0.05, 0) is 0 Å². The highest BCUT2D eigenvalue weighted by Gasteiger charge is 2.05. The largest absolute Gasteiger partial charge is 0.367 e. The SMILES string of the molecule is NC(=NS(N)(=O)=O)NOS(N)(=O)=O. The van der Waals surface area contributed by atoms with Crippen molar-refractivity contribution in [1.29, 1.82) is 0 Å². The number of rotatable bonds is 3. The Labute approximate surface area is 74.1 Å². The minimum atomic E-state index is -4.28. The first kappa shape index (κ1) is 12.0. The van der Waals surface area contributed by atoms with Crippen molar-refractivity contribution in [3.05, 3.63) is 0 Å². The van der Waals surface area contributed by atoms with Crippen molar-refractivity contribution in [2.75, 3.05) is 0 Å². The van der Waals surface area contributed by atoms with Crippen LogP contribution >= 0.6 is 0 Å². The molecule has 0 aliphatic heterocycles. The minimum absolute atomic E-state index is 0.864. The highest BCUT2D eigenvalue weighted by Crippen LogP contribution is 1.79. The monoisotopic (exact) mass is 233 g/mol. The van der Waals surface area contributed by atoms with E-state index in [1.165, 1.54) is 5.48 Å². The number of nitrogens with one attached hydrogen (secondary N) is 1. The maximum absolute atomic E-state index is 10.2. The lowest BCUT2D eigenvalue weighted by Gasteiger charge is -2.01. The van der Waals surface area contributed by atoms with Crippen LogP contribution in [-0.2, 0) is 24.8 Å². The maximum Gasteiger partial charge on any atom is 0.354 e. The molecule has 13 heavy (non-hydrogen) atoms. The topological polar surface area (TPSA) is 180 Å². The summed E-state index contributed by atoms with van der Waals surface area (Å²) in [5.74, 6) is -0.864. The number of hydroxylamine groups is 1. The van der Waals surface area contributed by atoms with Gasteiger partial charge in [0.05, 0.1) is 0 Å². The van der Waals surface area contributed by atoms with Gasteiger partial charge in [0, 0.05) is 0 Å². The molecule has 0 radical (unpaired) electrons. The van der Waals surface area contributed by atoms with Crippen LogP contribution in [0.15, 0.2) is 4.40 Å². The lowest BCUT2D eigenvalue weighted by molar-refractivity contribution is 0.267. The predicted molar refractivity (Wildman–Crippen MR) is 42.1 cm³/mol. The molecule has 0 saturated heterocycles. The molecule has 0 saturated carbocycles. The van der Waals surface area contributed by atoms with Crippen molar-refractivity contribution < 1.29 is 21.1 Å². The van der Waals surface area contributed by atoms with Gasteiger partial charge in [-0.25, -0.2) is 15.8 Å². The van der Waals surface area contributed by atoms with E-state index in [0.717, 1.165) is 0 Å². The summed E-state index contributed by atoms with van der Waals surface area (Å²) in [6.45, 7) is 0. The Balaban J connectivity index is 4.35. The van der Waals surface area contributed by atoms with Crippen molar-refractivity contribution in [3.63, 3.8) is 0 Å². The van der Waals surface area contributed by atoms with Gasteiger partial charge < -0.3 is 5.73 Å². The molecule has 7 N–H and O–H groups in total. The van der Waals surface area contributed by atoms with Crippen LogP contribution in [0.2, 0.25) is 0 Å². The molecule has 0 heterocycles. The van der Waals surface area contributed by atoms with Gasteiger partial charge >= 0.3 is 20.5 Å². The molecule has 12 heteroatoms. The molecular weight excluding hydrogens is 226 g/mol. The fraction of sp³-hybridized carbons (Fsp3) is 0. The van der Waals surface area contributed by atoms with E-state index in [1.54, 1.807) is 0 Å². The Hall–Kier alpha value is -0.950. The van der Waals surface area contributed by atoms with E-state index in [9.17, 15) is 16.8 Å². The standard InChI is InChI=1S/CH7N5O5S2/c2-1(6-12(3,7)8)5-11-13(4,9)10/h(H3,2,5,6)(H2,3,7,8)(H2,4,9,10). The number of hydrogen-bond donors (Lipinski definition) is 4. The molecule has 0 aromatic heterocycles. The molecule has 0 bridgehead atoms. The number of hydrogen-bond acceptors (Lipinski definition) is 5. The molecule has 10 nitrogen and oxygen atoms in total. The Bertz CT molecular complexity index is 391. The average Bonchev–Trinajstić information content (AvgIpc) is 1.78. The Morgan fingerprint density at radius 2 is 1.69 bits per heavy atom. The minimum Gasteiger partial charge on any atom is -0.367 e. The quantitative estimate of drug-likeness (QED) is 0.219. The third-order valence-corrected chi connectivity index (χ3v) is 1.25. The summed E-state index contributed by atoms with van der Waals surface area (Å²) >= 11 is 0. The molecule has 0 aromatic carbocycles. The first-order valence-electron chi connectivity index (χ1n) is 2.45. The molecule has 78 valence electrons. The molecule has 0 atom stereocenters. The zero-order valence-electron chi connectivity index (χ0n) is 6.04. The van der Waals surface area contributed by atoms with E-state index in [1.807, 2.05) is 0 Å². The smallest absolute Gasteiger partial charge is 0.354 e. The third kappa shape index (κ3) is 8.96. The van der Waals surface area contributed by atoms with Crippen LogP contribution in [0.5, 0.6) is 0 Å². The van der Waals surface area contributed by atoms with Crippen LogP contribution in [0.1, 0.15) is 0 Å². The number of guanidine groups is 1. The molecule has 0 spiro atoms. The Kier molecular flexibility index (Phi) is 3.56. The van der Waals surface area contributed by atoms with Crippen molar-refractivity contribution in [3.8, 4) is 0 Å². The summed E-state index contributed by atoms with van der Waals surface area (Å²) in [5, 5.41) is 8.75. The van der Waals surface area contributed by atoms with Crippen LogP contribution in [-0.4, -0.2) is 22.8 Å². The van der Waals surface area contributed by atoms with Crippen LogP contribution < -0.4 is 21.5 Å². The molecule has 0 aromatic rings. The van der Waals surface area contributed by atoms with Gasteiger partial charge in [0.25, 0.3) is 0 Å². The number of nitrogens with zero attached hydrogens (tertiary/aromatic N) is 1. The van der Waals surface area contributed by atoms with E-state index in [2.05, 4.69) is 19.0 Å². The zero-order valence-corrected chi connectivity index (χ0v) is 7.67. The summed E-state index contributed by atoms with van der Waals surface area (Å²) in [6, 6.07) is 0. The van der Waals surface area contributed by atoms with Gasteiger partial charge in [-0.1, -0.05) is 0 Å². The summed E-state index contributed by atoms with van der Waals surface area (Å²) in [7, 11) is -8.49. The van der Waals surface area contributed by atoms with Gasteiger partial charge in [-0.2, -0.15) is 16.8 Å². The normalized spacial score (nSPS) is 14.2. The summed E-state index contributed by atoms with van der Waals surface area (Å²) < 4.78 is 46.9.